The van der Waals surface area contributed by atoms with Gasteiger partial charge >= 0.3 is 12.0 Å². The summed E-state index contributed by atoms with van der Waals surface area (Å²) < 4.78 is 25.2. The average Bonchev–Trinajstić information content (AvgIpc) is 3.13. The number of nitrogens with zero attached hydrogens (tertiary/aromatic N) is 2. The Balaban J connectivity index is 1.71. The molecule has 2 aromatic rings. The maximum absolute atomic E-state index is 12.6. The molecule has 0 spiro atoms. The van der Waals surface area contributed by atoms with Crippen LogP contribution >= 0.6 is 0 Å². The molecule has 1 saturated heterocycles. The number of urea groups is 1. The van der Waals surface area contributed by atoms with Crippen LogP contribution < -0.4 is 5.32 Å². The molecule has 0 saturated carbocycles. The molecule has 1 fully saturated rings. The van der Waals surface area contributed by atoms with E-state index < -0.39 is 30.2 Å². The fraction of sp³-hybridized carbons (Fsp3) is 0.357. The lowest BCUT2D eigenvalue weighted by Gasteiger charge is -2.16. The molecule has 2 amide bonds. The van der Waals surface area contributed by atoms with Crippen molar-refractivity contribution in [2.75, 3.05) is 18.4 Å². The number of nitrogens with one attached hydrogen (secondary N) is 2. The zero-order chi connectivity index (χ0) is 16.6. The number of alkyl halides is 2. The molecule has 0 aliphatic carbocycles. The second kappa shape index (κ2) is 5.82. The molecule has 1 atom stereocenters. The minimum atomic E-state index is -2.70. The number of H-pyrrole nitrogens is 1. The van der Waals surface area contributed by atoms with Gasteiger partial charge in [0.25, 0.3) is 6.43 Å². The number of hydrogen-bond acceptors (Lipinski definition) is 3. The summed E-state index contributed by atoms with van der Waals surface area (Å²) in [5.74, 6) is -1.89. The van der Waals surface area contributed by atoms with Crippen LogP contribution in [0.3, 0.4) is 0 Å². The Bertz CT molecular complexity index is 762. The molecule has 23 heavy (non-hydrogen) atoms. The molecule has 1 aliphatic heterocycles. The van der Waals surface area contributed by atoms with E-state index in [-0.39, 0.29) is 6.54 Å². The normalized spacial score (nSPS) is 17.9. The van der Waals surface area contributed by atoms with Crippen molar-refractivity contribution in [1.29, 1.82) is 0 Å². The quantitative estimate of drug-likeness (QED) is 0.807. The lowest BCUT2D eigenvalue weighted by atomic mass is 10.1. The topological polar surface area (TPSA) is 98.3 Å². The molecule has 9 heteroatoms. The van der Waals surface area contributed by atoms with Gasteiger partial charge in [0, 0.05) is 18.8 Å². The summed E-state index contributed by atoms with van der Waals surface area (Å²) in [6.45, 7) is 0.521. The third kappa shape index (κ3) is 3.08. The molecule has 3 N–H and O–H groups in total. The zero-order valence-electron chi connectivity index (χ0n) is 11.9. The van der Waals surface area contributed by atoms with Gasteiger partial charge in [-0.1, -0.05) is 0 Å². The summed E-state index contributed by atoms with van der Waals surface area (Å²) in [5.41, 5.74) is 1.19. The highest BCUT2D eigenvalue weighted by Gasteiger charge is 2.30. The van der Waals surface area contributed by atoms with Gasteiger partial charge in [-0.3, -0.25) is 4.79 Å². The minimum absolute atomic E-state index is 0.156. The summed E-state index contributed by atoms with van der Waals surface area (Å²) in [5, 5.41) is 11.6. The van der Waals surface area contributed by atoms with Gasteiger partial charge in [0.15, 0.2) is 5.82 Å². The van der Waals surface area contributed by atoms with E-state index in [0.29, 0.717) is 29.7 Å². The predicted molar refractivity (Wildman–Crippen MR) is 77.4 cm³/mol. The van der Waals surface area contributed by atoms with E-state index in [0.717, 1.165) is 0 Å². The van der Waals surface area contributed by atoms with Crippen molar-refractivity contribution >= 4 is 28.7 Å². The fourth-order valence-corrected chi connectivity index (χ4v) is 2.56. The number of benzene rings is 1. The van der Waals surface area contributed by atoms with Crippen LogP contribution in [0.4, 0.5) is 19.3 Å². The standard InChI is InChI=1S/C14H14F2N4O3/c15-11(16)12-18-9-2-1-8(5-10(9)19-12)17-14(23)20-4-3-7(6-20)13(21)22/h1-2,5,7,11H,3-4,6H2,(H,17,23)(H,18,19)(H,21,22). The van der Waals surface area contributed by atoms with Crippen molar-refractivity contribution in [1.82, 2.24) is 14.9 Å². The molecule has 0 bridgehead atoms. The molecule has 2 heterocycles. The van der Waals surface area contributed by atoms with Gasteiger partial charge in [-0.15, -0.1) is 0 Å². The molecule has 0 radical (unpaired) electrons. The van der Waals surface area contributed by atoms with Crippen molar-refractivity contribution in [3.63, 3.8) is 0 Å². The number of halogens is 2. The van der Waals surface area contributed by atoms with E-state index in [4.69, 9.17) is 5.11 Å². The number of likely N-dealkylation sites (tertiary alicyclic amines) is 1. The van der Waals surface area contributed by atoms with E-state index >= 15 is 0 Å². The summed E-state index contributed by atoms with van der Waals surface area (Å²) in [6.07, 6.45) is -2.28. The second-order valence-electron chi connectivity index (χ2n) is 5.35. The summed E-state index contributed by atoms with van der Waals surface area (Å²) in [6, 6.07) is 4.18. The van der Waals surface area contributed by atoms with Gasteiger partial charge in [0.05, 0.1) is 17.0 Å². The van der Waals surface area contributed by atoms with Crippen molar-refractivity contribution in [3.8, 4) is 0 Å². The third-order valence-electron chi connectivity index (χ3n) is 3.78. The predicted octanol–water partition coefficient (Wildman–Crippen LogP) is 2.44. The van der Waals surface area contributed by atoms with Crippen LogP contribution in [0.15, 0.2) is 18.2 Å². The Labute approximate surface area is 129 Å². The van der Waals surface area contributed by atoms with Gasteiger partial charge < -0.3 is 20.3 Å². The number of imidazole rings is 1. The SMILES string of the molecule is O=C(O)C1CCN(C(=O)Nc2ccc3nc(C(F)F)[nH]c3c2)C1. The Morgan fingerprint density at radius 2 is 2.22 bits per heavy atom. The van der Waals surface area contributed by atoms with Crippen LogP contribution in [-0.2, 0) is 4.79 Å². The zero-order valence-corrected chi connectivity index (χ0v) is 11.9. The van der Waals surface area contributed by atoms with Crippen LogP contribution in [0.25, 0.3) is 11.0 Å². The van der Waals surface area contributed by atoms with Crippen molar-refractivity contribution in [2.24, 2.45) is 5.92 Å². The van der Waals surface area contributed by atoms with E-state index in [2.05, 4.69) is 15.3 Å². The number of carbonyl (C=O) groups excluding carboxylic acids is 1. The second-order valence-corrected chi connectivity index (χ2v) is 5.35. The highest BCUT2D eigenvalue weighted by atomic mass is 19.3. The Hall–Kier alpha value is -2.71. The van der Waals surface area contributed by atoms with Gasteiger partial charge in [-0.25, -0.2) is 18.6 Å². The first kappa shape index (κ1) is 15.2. The maximum atomic E-state index is 12.6. The smallest absolute Gasteiger partial charge is 0.321 e. The van der Waals surface area contributed by atoms with Gasteiger partial charge in [-0.05, 0) is 24.6 Å². The monoisotopic (exact) mass is 324 g/mol. The number of amides is 2. The fourth-order valence-electron chi connectivity index (χ4n) is 2.56. The molecule has 1 aliphatic rings. The molecule has 122 valence electrons. The summed E-state index contributed by atoms with van der Waals surface area (Å²) in [4.78, 5) is 30.7. The summed E-state index contributed by atoms with van der Waals surface area (Å²) >= 11 is 0. The van der Waals surface area contributed by atoms with Crippen molar-refractivity contribution < 1.29 is 23.5 Å². The first-order chi connectivity index (χ1) is 10.9. The third-order valence-corrected chi connectivity index (χ3v) is 3.78. The number of aliphatic carboxylic acids is 1. The average molecular weight is 324 g/mol. The Morgan fingerprint density at radius 3 is 2.87 bits per heavy atom. The highest BCUT2D eigenvalue weighted by Crippen LogP contribution is 2.23. The van der Waals surface area contributed by atoms with Crippen LogP contribution in [0.2, 0.25) is 0 Å². The largest absolute Gasteiger partial charge is 0.481 e. The highest BCUT2D eigenvalue weighted by molar-refractivity contribution is 5.92. The molecular weight excluding hydrogens is 310 g/mol. The Kier molecular flexibility index (Phi) is 3.85. The van der Waals surface area contributed by atoms with E-state index in [1.165, 1.54) is 17.0 Å². The lowest BCUT2D eigenvalue weighted by Crippen LogP contribution is -2.33. The Morgan fingerprint density at radius 1 is 1.43 bits per heavy atom. The number of aromatic nitrogens is 2. The number of hydrogen-bond donors (Lipinski definition) is 3. The number of carbonyl (C=O) groups is 2. The molecule has 7 nitrogen and oxygen atoms in total. The molecule has 1 aromatic heterocycles. The number of carboxylic acid groups (broad SMARTS) is 1. The maximum Gasteiger partial charge on any atom is 0.321 e. The first-order valence-electron chi connectivity index (χ1n) is 7.00. The van der Waals surface area contributed by atoms with Crippen LogP contribution in [0, 0.1) is 5.92 Å². The van der Waals surface area contributed by atoms with E-state index in [1.54, 1.807) is 6.07 Å². The van der Waals surface area contributed by atoms with Crippen LogP contribution in [0.1, 0.15) is 18.7 Å². The number of aromatic amines is 1. The number of anilines is 1. The van der Waals surface area contributed by atoms with Crippen LogP contribution in [0.5, 0.6) is 0 Å². The molecule has 1 aromatic carbocycles. The van der Waals surface area contributed by atoms with Crippen molar-refractivity contribution in [2.45, 2.75) is 12.8 Å². The van der Waals surface area contributed by atoms with Gasteiger partial charge in [0.1, 0.15) is 0 Å². The number of carboxylic acids is 1. The number of rotatable bonds is 3. The lowest BCUT2D eigenvalue weighted by molar-refractivity contribution is -0.141. The van der Waals surface area contributed by atoms with E-state index in [9.17, 15) is 18.4 Å². The molecular formula is C14H14F2N4O3. The summed E-state index contributed by atoms with van der Waals surface area (Å²) in [7, 11) is 0. The van der Waals surface area contributed by atoms with Gasteiger partial charge in [0.2, 0.25) is 0 Å². The minimum Gasteiger partial charge on any atom is -0.481 e. The number of fused-ring (bicyclic) bond motifs is 1. The first-order valence-corrected chi connectivity index (χ1v) is 7.00. The van der Waals surface area contributed by atoms with Gasteiger partial charge in [-0.2, -0.15) is 0 Å². The molecule has 1 unspecified atom stereocenters. The molecule has 3 rings (SSSR count). The van der Waals surface area contributed by atoms with Crippen molar-refractivity contribution in [3.05, 3.63) is 24.0 Å². The van der Waals surface area contributed by atoms with Crippen LogP contribution in [-0.4, -0.2) is 45.1 Å². The van der Waals surface area contributed by atoms with E-state index in [1.807, 2.05) is 0 Å².